The molecule has 0 bridgehead atoms. The number of halogens is 2. The molecular formula is C17H16BrFN2OS. The van der Waals surface area contributed by atoms with E-state index in [2.05, 4.69) is 4.99 Å². The Kier molecular flexibility index (Phi) is 6.27. The molecule has 0 spiro atoms. The number of aliphatic hydroxyl groups is 1. The van der Waals surface area contributed by atoms with E-state index >= 15 is 0 Å². The Morgan fingerprint density at radius 2 is 1.74 bits per heavy atom. The van der Waals surface area contributed by atoms with E-state index in [0.717, 1.165) is 21.7 Å². The highest BCUT2D eigenvalue weighted by molar-refractivity contribution is 8.93. The molecule has 0 saturated carbocycles. The summed E-state index contributed by atoms with van der Waals surface area (Å²) in [5.74, 6) is -0.262. The molecule has 0 aliphatic rings. The van der Waals surface area contributed by atoms with Gasteiger partial charge in [-0.15, -0.1) is 28.3 Å². The van der Waals surface area contributed by atoms with E-state index < -0.39 is 0 Å². The Hall–Kier alpha value is -1.76. The van der Waals surface area contributed by atoms with Crippen LogP contribution in [-0.4, -0.2) is 16.3 Å². The third-order valence-corrected chi connectivity index (χ3v) is 4.11. The molecule has 1 N–H and O–H groups in total. The maximum absolute atomic E-state index is 13.1. The van der Waals surface area contributed by atoms with Crippen LogP contribution in [0.15, 0.2) is 65.0 Å². The van der Waals surface area contributed by atoms with E-state index in [1.165, 1.54) is 23.5 Å². The number of aliphatic hydroxyl groups excluding tert-OH is 1. The SMILES string of the molecule is Br.OCCn1c(-c2ccc(F)cc2)csc1=Nc1ccccc1. The molecule has 0 fully saturated rings. The van der Waals surface area contributed by atoms with E-state index in [0.29, 0.717) is 6.54 Å². The molecule has 0 saturated heterocycles. The summed E-state index contributed by atoms with van der Waals surface area (Å²) in [5, 5.41) is 11.3. The first-order valence-electron chi connectivity index (χ1n) is 6.93. The summed E-state index contributed by atoms with van der Waals surface area (Å²) < 4.78 is 15.0. The Balaban J connectivity index is 0.00000192. The molecule has 3 nitrogen and oxygen atoms in total. The van der Waals surface area contributed by atoms with Gasteiger partial charge in [0.25, 0.3) is 0 Å². The topological polar surface area (TPSA) is 37.5 Å². The second-order valence-electron chi connectivity index (χ2n) is 4.73. The van der Waals surface area contributed by atoms with Gasteiger partial charge in [0.05, 0.1) is 18.0 Å². The molecule has 0 radical (unpaired) electrons. The molecule has 1 heterocycles. The van der Waals surface area contributed by atoms with E-state index in [4.69, 9.17) is 0 Å². The molecule has 3 aromatic rings. The lowest BCUT2D eigenvalue weighted by Gasteiger charge is -2.07. The largest absolute Gasteiger partial charge is 0.395 e. The second-order valence-corrected chi connectivity index (χ2v) is 5.57. The van der Waals surface area contributed by atoms with Gasteiger partial charge in [0.2, 0.25) is 0 Å². The molecular weight excluding hydrogens is 379 g/mol. The number of thiazole rings is 1. The highest BCUT2D eigenvalue weighted by Crippen LogP contribution is 2.21. The first kappa shape index (κ1) is 17.6. The van der Waals surface area contributed by atoms with Crippen molar-refractivity contribution in [2.24, 2.45) is 4.99 Å². The molecule has 6 heteroatoms. The van der Waals surface area contributed by atoms with Gasteiger partial charge in [0.15, 0.2) is 4.80 Å². The molecule has 1 aromatic heterocycles. The fourth-order valence-corrected chi connectivity index (χ4v) is 3.15. The average Bonchev–Trinajstić information content (AvgIpc) is 2.92. The van der Waals surface area contributed by atoms with Crippen LogP contribution in [0.2, 0.25) is 0 Å². The minimum atomic E-state index is -0.262. The predicted octanol–water partition coefficient (Wildman–Crippen LogP) is 4.16. The summed E-state index contributed by atoms with van der Waals surface area (Å²) in [6.07, 6.45) is 0. The molecule has 23 heavy (non-hydrogen) atoms. The van der Waals surface area contributed by atoms with Crippen molar-refractivity contribution >= 4 is 34.0 Å². The van der Waals surface area contributed by atoms with Crippen LogP contribution in [0.3, 0.4) is 0 Å². The molecule has 0 aliphatic heterocycles. The molecule has 0 aliphatic carbocycles. The Morgan fingerprint density at radius 1 is 1.04 bits per heavy atom. The molecule has 0 atom stereocenters. The van der Waals surface area contributed by atoms with Crippen LogP contribution in [0.4, 0.5) is 10.1 Å². The van der Waals surface area contributed by atoms with E-state index in [9.17, 15) is 9.50 Å². The van der Waals surface area contributed by atoms with Crippen LogP contribution in [0.5, 0.6) is 0 Å². The van der Waals surface area contributed by atoms with Crippen LogP contribution >= 0.6 is 28.3 Å². The average molecular weight is 395 g/mol. The van der Waals surface area contributed by atoms with Gasteiger partial charge in [-0.3, -0.25) is 0 Å². The minimum Gasteiger partial charge on any atom is -0.395 e. The van der Waals surface area contributed by atoms with Crippen molar-refractivity contribution in [1.82, 2.24) is 4.57 Å². The lowest BCUT2D eigenvalue weighted by molar-refractivity contribution is 0.275. The quantitative estimate of drug-likeness (QED) is 0.708. The number of rotatable bonds is 4. The van der Waals surface area contributed by atoms with Gasteiger partial charge < -0.3 is 9.67 Å². The smallest absolute Gasteiger partial charge is 0.190 e. The van der Waals surface area contributed by atoms with Crippen molar-refractivity contribution in [2.45, 2.75) is 6.54 Å². The van der Waals surface area contributed by atoms with Crippen LogP contribution in [-0.2, 0) is 6.54 Å². The third kappa shape index (κ3) is 4.16. The Morgan fingerprint density at radius 3 is 2.39 bits per heavy atom. The van der Waals surface area contributed by atoms with Crippen LogP contribution in [0.1, 0.15) is 0 Å². The fourth-order valence-electron chi connectivity index (χ4n) is 2.20. The van der Waals surface area contributed by atoms with Crippen molar-refractivity contribution in [3.63, 3.8) is 0 Å². The molecule has 0 amide bonds. The number of hydrogen-bond donors (Lipinski definition) is 1. The Labute approximate surface area is 148 Å². The number of aromatic nitrogens is 1. The first-order valence-corrected chi connectivity index (χ1v) is 7.81. The number of para-hydroxylation sites is 1. The zero-order chi connectivity index (χ0) is 15.4. The summed E-state index contributed by atoms with van der Waals surface area (Å²) in [5.41, 5.74) is 2.69. The summed E-state index contributed by atoms with van der Waals surface area (Å²) >= 11 is 1.50. The van der Waals surface area contributed by atoms with Gasteiger partial charge in [-0.05, 0) is 42.0 Å². The number of benzene rings is 2. The highest BCUT2D eigenvalue weighted by atomic mass is 79.9. The van der Waals surface area contributed by atoms with Gasteiger partial charge in [-0.25, -0.2) is 9.38 Å². The van der Waals surface area contributed by atoms with Crippen LogP contribution in [0, 0.1) is 5.82 Å². The van der Waals surface area contributed by atoms with Gasteiger partial charge in [-0.1, -0.05) is 18.2 Å². The molecule has 2 aromatic carbocycles. The summed E-state index contributed by atoms with van der Waals surface area (Å²) in [7, 11) is 0. The monoisotopic (exact) mass is 394 g/mol. The normalized spacial score (nSPS) is 11.3. The molecule has 0 unspecified atom stereocenters. The summed E-state index contributed by atoms with van der Waals surface area (Å²) in [6.45, 7) is 0.467. The van der Waals surface area contributed by atoms with Crippen molar-refractivity contribution in [3.05, 3.63) is 70.6 Å². The van der Waals surface area contributed by atoms with Gasteiger partial charge in [0, 0.05) is 11.9 Å². The van der Waals surface area contributed by atoms with Crippen molar-refractivity contribution in [2.75, 3.05) is 6.61 Å². The standard InChI is InChI=1S/C17H15FN2OS.BrH/c18-14-8-6-13(7-9-14)16-12-22-17(20(16)10-11-21)19-15-4-2-1-3-5-15;/h1-9,12,21H,10-11H2;1H. The maximum atomic E-state index is 13.1. The number of nitrogens with zero attached hydrogens (tertiary/aromatic N) is 2. The van der Waals surface area contributed by atoms with Gasteiger partial charge >= 0.3 is 0 Å². The zero-order valence-corrected chi connectivity index (χ0v) is 14.8. The van der Waals surface area contributed by atoms with Crippen molar-refractivity contribution in [3.8, 4) is 11.3 Å². The predicted molar refractivity (Wildman–Crippen MR) is 96.8 cm³/mol. The first-order chi connectivity index (χ1) is 10.8. The number of hydrogen-bond acceptors (Lipinski definition) is 3. The lowest BCUT2D eigenvalue weighted by atomic mass is 10.2. The van der Waals surface area contributed by atoms with Gasteiger partial charge in [-0.2, -0.15) is 0 Å². The fraction of sp³-hybridized carbons (Fsp3) is 0.118. The molecule has 120 valence electrons. The van der Waals surface area contributed by atoms with Crippen LogP contribution in [0.25, 0.3) is 11.3 Å². The van der Waals surface area contributed by atoms with Gasteiger partial charge in [0.1, 0.15) is 5.82 Å². The maximum Gasteiger partial charge on any atom is 0.190 e. The van der Waals surface area contributed by atoms with Crippen molar-refractivity contribution in [1.29, 1.82) is 0 Å². The highest BCUT2D eigenvalue weighted by Gasteiger charge is 2.08. The second kappa shape index (κ2) is 8.19. The van der Waals surface area contributed by atoms with Crippen molar-refractivity contribution < 1.29 is 9.50 Å². The minimum absolute atomic E-state index is 0. The third-order valence-electron chi connectivity index (χ3n) is 3.24. The zero-order valence-electron chi connectivity index (χ0n) is 12.2. The van der Waals surface area contributed by atoms with E-state index in [-0.39, 0.29) is 29.4 Å². The summed E-state index contributed by atoms with van der Waals surface area (Å²) in [6, 6.07) is 16.0. The van der Waals surface area contributed by atoms with E-state index in [1.54, 1.807) is 12.1 Å². The summed E-state index contributed by atoms with van der Waals surface area (Å²) in [4.78, 5) is 5.42. The lowest BCUT2D eigenvalue weighted by Crippen LogP contribution is -2.17. The molecule has 3 rings (SSSR count). The van der Waals surface area contributed by atoms with E-state index in [1.807, 2.05) is 40.3 Å². The van der Waals surface area contributed by atoms with Crippen LogP contribution < -0.4 is 4.80 Å². The Bertz CT molecular complexity index is 813.